The van der Waals surface area contributed by atoms with E-state index < -0.39 is 0 Å². The van der Waals surface area contributed by atoms with E-state index in [1.165, 1.54) is 6.07 Å². The average molecular weight is 457 g/mol. The molecule has 0 fully saturated rings. The number of hydrazone groups is 1. The number of ether oxygens (including phenoxy) is 3. The Hall–Kier alpha value is -4.59. The molecule has 1 aromatic heterocycles. The highest BCUT2D eigenvalue weighted by Crippen LogP contribution is 2.38. The van der Waals surface area contributed by atoms with Gasteiger partial charge in [-0.2, -0.15) is 5.10 Å². The number of nitrogens with zero attached hydrogens (tertiary/aromatic N) is 2. The Morgan fingerprint density at radius 1 is 0.941 bits per heavy atom. The van der Waals surface area contributed by atoms with Crippen LogP contribution in [0.25, 0.3) is 11.3 Å². The van der Waals surface area contributed by atoms with Crippen molar-refractivity contribution < 1.29 is 14.2 Å². The zero-order chi connectivity index (χ0) is 23.8. The van der Waals surface area contributed by atoms with Crippen LogP contribution in [-0.4, -0.2) is 30.4 Å². The number of rotatable bonds is 9. The van der Waals surface area contributed by atoms with Crippen molar-refractivity contribution in [2.75, 3.05) is 19.6 Å². The third-order valence-electron chi connectivity index (χ3n) is 4.90. The molecule has 8 nitrogen and oxygen atoms in total. The lowest BCUT2D eigenvalue weighted by atomic mass is 10.1. The van der Waals surface area contributed by atoms with Gasteiger partial charge in [-0.25, -0.2) is 10.4 Å². The Balaban J connectivity index is 1.52. The summed E-state index contributed by atoms with van der Waals surface area (Å²) in [6.07, 6.45) is 1.57. The normalized spacial score (nSPS) is 10.8. The van der Waals surface area contributed by atoms with Gasteiger partial charge in [-0.1, -0.05) is 60.7 Å². The van der Waals surface area contributed by atoms with Gasteiger partial charge in [0.1, 0.15) is 6.61 Å². The third kappa shape index (κ3) is 5.60. The molecule has 1 heterocycles. The molecule has 4 rings (SSSR count). The predicted molar refractivity (Wildman–Crippen MR) is 132 cm³/mol. The van der Waals surface area contributed by atoms with Crippen LogP contribution >= 0.6 is 0 Å². The summed E-state index contributed by atoms with van der Waals surface area (Å²) < 4.78 is 17.0. The van der Waals surface area contributed by atoms with Gasteiger partial charge in [-0.05, 0) is 17.7 Å². The SMILES string of the molecule is COc1cc(/C=N\Nc2nc(-c3ccccc3)cc(=O)[nH]2)cc(OC)c1OCc1ccccc1. The molecule has 0 aliphatic heterocycles. The minimum Gasteiger partial charge on any atom is -0.493 e. The standard InChI is InChI=1S/C26H24N4O4/c1-32-22-13-19(14-23(33-2)25(22)34-17-18-9-5-3-6-10-18)16-27-30-26-28-21(15-24(31)29-26)20-11-7-4-8-12-20/h3-16H,17H2,1-2H3,(H2,28,29,30,31)/b27-16-. The van der Waals surface area contributed by atoms with E-state index >= 15 is 0 Å². The van der Waals surface area contributed by atoms with E-state index in [0.717, 1.165) is 11.1 Å². The van der Waals surface area contributed by atoms with Crippen LogP contribution < -0.4 is 25.2 Å². The minimum absolute atomic E-state index is 0.226. The molecule has 0 saturated carbocycles. The fourth-order valence-corrected chi connectivity index (χ4v) is 3.28. The predicted octanol–water partition coefficient (Wildman–Crippen LogP) is 4.48. The molecular weight excluding hydrogens is 432 g/mol. The van der Waals surface area contributed by atoms with Gasteiger partial charge in [0.25, 0.3) is 5.56 Å². The van der Waals surface area contributed by atoms with E-state index in [4.69, 9.17) is 14.2 Å². The van der Waals surface area contributed by atoms with Crippen LogP contribution in [0.4, 0.5) is 5.95 Å². The first-order valence-electron chi connectivity index (χ1n) is 10.5. The maximum absolute atomic E-state index is 12.1. The summed E-state index contributed by atoms with van der Waals surface area (Å²) in [6, 6.07) is 24.3. The summed E-state index contributed by atoms with van der Waals surface area (Å²) in [7, 11) is 3.13. The van der Waals surface area contributed by atoms with Gasteiger partial charge in [0.2, 0.25) is 11.7 Å². The summed E-state index contributed by atoms with van der Waals surface area (Å²) in [5.74, 6) is 1.74. The fourth-order valence-electron chi connectivity index (χ4n) is 3.28. The number of anilines is 1. The van der Waals surface area contributed by atoms with Crippen LogP contribution in [0.2, 0.25) is 0 Å². The summed E-state index contributed by atoms with van der Waals surface area (Å²) >= 11 is 0. The monoisotopic (exact) mass is 456 g/mol. The van der Waals surface area contributed by atoms with E-state index in [-0.39, 0.29) is 11.5 Å². The largest absolute Gasteiger partial charge is 0.493 e. The number of benzene rings is 3. The van der Waals surface area contributed by atoms with Crippen LogP contribution in [0.5, 0.6) is 17.2 Å². The summed E-state index contributed by atoms with van der Waals surface area (Å²) in [6.45, 7) is 0.374. The number of H-pyrrole nitrogens is 1. The van der Waals surface area contributed by atoms with Gasteiger partial charge in [0.15, 0.2) is 11.5 Å². The highest BCUT2D eigenvalue weighted by molar-refractivity contribution is 5.83. The van der Waals surface area contributed by atoms with Crippen molar-refractivity contribution in [3.05, 3.63) is 100 Å². The number of nitrogens with one attached hydrogen (secondary N) is 2. The number of hydrogen-bond acceptors (Lipinski definition) is 7. The van der Waals surface area contributed by atoms with Crippen molar-refractivity contribution in [1.82, 2.24) is 9.97 Å². The number of aromatic nitrogens is 2. The Labute approximate surface area is 196 Å². The second-order valence-corrected chi connectivity index (χ2v) is 7.24. The quantitative estimate of drug-likeness (QED) is 0.285. The molecule has 8 heteroatoms. The Morgan fingerprint density at radius 2 is 1.59 bits per heavy atom. The molecule has 0 radical (unpaired) electrons. The lowest BCUT2D eigenvalue weighted by molar-refractivity contribution is 0.266. The molecule has 0 aliphatic rings. The van der Waals surface area contributed by atoms with Crippen molar-refractivity contribution in [1.29, 1.82) is 0 Å². The summed E-state index contributed by atoms with van der Waals surface area (Å²) in [4.78, 5) is 19.1. The van der Waals surface area contributed by atoms with Gasteiger partial charge < -0.3 is 14.2 Å². The molecule has 34 heavy (non-hydrogen) atoms. The number of aromatic amines is 1. The van der Waals surface area contributed by atoms with Crippen LogP contribution in [0.1, 0.15) is 11.1 Å². The van der Waals surface area contributed by atoms with Crippen molar-refractivity contribution >= 4 is 12.2 Å². The number of methoxy groups -OCH3 is 2. The fraction of sp³-hybridized carbons (Fsp3) is 0.115. The summed E-state index contributed by atoms with van der Waals surface area (Å²) in [5.41, 5.74) is 5.60. The molecule has 172 valence electrons. The van der Waals surface area contributed by atoms with Crippen molar-refractivity contribution in [2.45, 2.75) is 6.61 Å². The van der Waals surface area contributed by atoms with Gasteiger partial charge in [-0.3, -0.25) is 9.78 Å². The highest BCUT2D eigenvalue weighted by atomic mass is 16.5. The van der Waals surface area contributed by atoms with Crippen molar-refractivity contribution in [3.63, 3.8) is 0 Å². The molecule has 0 bridgehead atoms. The molecule has 2 N–H and O–H groups in total. The molecule has 0 unspecified atom stereocenters. The average Bonchev–Trinajstić information content (AvgIpc) is 2.88. The highest BCUT2D eigenvalue weighted by Gasteiger charge is 2.14. The van der Waals surface area contributed by atoms with Crippen LogP contribution in [0, 0.1) is 0 Å². The zero-order valence-electron chi connectivity index (χ0n) is 18.8. The lowest BCUT2D eigenvalue weighted by Gasteiger charge is -2.15. The second kappa shape index (κ2) is 10.8. The van der Waals surface area contributed by atoms with Gasteiger partial charge in [0, 0.05) is 17.2 Å². The molecule has 0 atom stereocenters. The smallest absolute Gasteiger partial charge is 0.252 e. The molecule has 0 saturated heterocycles. The Kier molecular flexibility index (Phi) is 7.19. The molecule has 0 aliphatic carbocycles. The molecule has 3 aromatic carbocycles. The number of hydrogen-bond donors (Lipinski definition) is 2. The van der Waals surface area contributed by atoms with E-state index in [2.05, 4.69) is 20.5 Å². The zero-order valence-corrected chi connectivity index (χ0v) is 18.8. The van der Waals surface area contributed by atoms with Crippen molar-refractivity contribution in [2.24, 2.45) is 5.10 Å². The summed E-state index contributed by atoms with van der Waals surface area (Å²) in [5, 5.41) is 4.20. The van der Waals surface area contributed by atoms with Crippen LogP contribution in [0.3, 0.4) is 0 Å². The van der Waals surface area contributed by atoms with Gasteiger partial charge in [-0.15, -0.1) is 0 Å². The molecule has 0 amide bonds. The first-order valence-corrected chi connectivity index (χ1v) is 10.5. The third-order valence-corrected chi connectivity index (χ3v) is 4.90. The lowest BCUT2D eigenvalue weighted by Crippen LogP contribution is -2.10. The van der Waals surface area contributed by atoms with Gasteiger partial charge in [0.05, 0.1) is 26.1 Å². The maximum atomic E-state index is 12.1. The molecular formula is C26H24N4O4. The Bertz CT molecular complexity index is 1300. The van der Waals surface area contributed by atoms with E-state index in [9.17, 15) is 4.79 Å². The minimum atomic E-state index is -0.283. The van der Waals surface area contributed by atoms with Crippen molar-refractivity contribution in [3.8, 4) is 28.5 Å². The second-order valence-electron chi connectivity index (χ2n) is 7.24. The van der Waals surface area contributed by atoms with Crippen LogP contribution in [0.15, 0.2) is 88.8 Å². The van der Waals surface area contributed by atoms with Crippen LogP contribution in [-0.2, 0) is 6.61 Å². The van der Waals surface area contributed by atoms with E-state index in [1.54, 1.807) is 32.6 Å². The molecule has 4 aromatic rings. The molecule has 0 spiro atoms. The first kappa shape index (κ1) is 22.6. The van der Waals surface area contributed by atoms with Gasteiger partial charge >= 0.3 is 0 Å². The topological polar surface area (TPSA) is 97.8 Å². The van der Waals surface area contributed by atoms with E-state index in [0.29, 0.717) is 35.1 Å². The Morgan fingerprint density at radius 3 is 2.24 bits per heavy atom. The first-order chi connectivity index (χ1) is 16.7. The van der Waals surface area contributed by atoms with E-state index in [1.807, 2.05) is 60.7 Å². The maximum Gasteiger partial charge on any atom is 0.252 e.